The van der Waals surface area contributed by atoms with Gasteiger partial charge in [0.05, 0.1) is 0 Å². The van der Waals surface area contributed by atoms with Crippen LogP contribution in [0.5, 0.6) is 0 Å². The van der Waals surface area contributed by atoms with Gasteiger partial charge in [-0.1, -0.05) is 6.82 Å². The lowest BCUT2D eigenvalue weighted by Crippen LogP contribution is -2.07. The molecule has 0 spiro atoms. The Morgan fingerprint density at radius 3 is 2.50 bits per heavy atom. The fourth-order valence-corrected chi connectivity index (χ4v) is 0.982. The third kappa shape index (κ3) is 3.34. The van der Waals surface area contributed by atoms with Gasteiger partial charge < -0.3 is 5.21 Å². The maximum atomic E-state index is 8.45. The molecule has 6 heavy (non-hydrogen) atoms. The molecule has 35 valence electrons. The summed E-state index contributed by atoms with van der Waals surface area (Å²) in [4.78, 5) is 0. The zero-order valence-electron chi connectivity index (χ0n) is 3.35. The fourth-order valence-electron chi connectivity index (χ4n) is 0.0488. The van der Waals surface area contributed by atoms with Crippen LogP contribution in [0.3, 0.4) is 0 Å². The molecule has 0 aliphatic heterocycles. The van der Waals surface area contributed by atoms with Gasteiger partial charge in [0.1, 0.15) is 0 Å². The molecule has 1 atom stereocenters. The Bertz CT molecular complexity index is 34.7. The third-order valence-corrected chi connectivity index (χ3v) is 2.25. The van der Waals surface area contributed by atoms with Crippen molar-refractivity contribution in [2.24, 2.45) is 0 Å². The van der Waals surface area contributed by atoms with Crippen molar-refractivity contribution in [1.29, 1.82) is 0 Å². The summed E-state index contributed by atoms with van der Waals surface area (Å²) in [6.45, 7) is 1.78. The van der Waals surface area contributed by atoms with Crippen LogP contribution in [0.1, 0.15) is 0 Å². The Morgan fingerprint density at radius 2 is 2.50 bits per heavy atom. The molecular weight excluding hydrogens is 211 g/mol. The molecule has 1 unspecified atom stereocenters. The molecule has 0 aromatic carbocycles. The lowest BCUT2D eigenvalue weighted by atomic mass is 10.0. The van der Waals surface area contributed by atoms with Gasteiger partial charge in [-0.25, -0.2) is 4.74 Å². The van der Waals surface area contributed by atoms with Crippen LogP contribution in [0, 0.1) is 0 Å². The molecule has 0 aliphatic carbocycles. The normalized spacial score (nSPS) is 11.3. The SMILES string of the molecule is C[B]N(O)PI. The molecular formula is CH5BINOP. The molecule has 5 heteroatoms. The Kier molecular flexibility index (Phi) is 5.13. The van der Waals surface area contributed by atoms with E-state index in [2.05, 4.69) is 22.0 Å². The largest absolute Gasteiger partial charge is 0.322 e. The number of hydrogen-bond donors (Lipinski definition) is 1. The number of hydrogen-bond acceptors (Lipinski definition) is 2. The summed E-state index contributed by atoms with van der Waals surface area (Å²) in [6.07, 6.45) is 0.435. The summed E-state index contributed by atoms with van der Waals surface area (Å²) >= 11 is 2.09. The van der Waals surface area contributed by atoms with Crippen molar-refractivity contribution in [3.8, 4) is 0 Å². The average Bonchev–Trinajstić information content (AvgIpc) is 1.65. The van der Waals surface area contributed by atoms with Gasteiger partial charge in [0.15, 0.2) is 0 Å². The van der Waals surface area contributed by atoms with E-state index in [0.717, 1.165) is 4.74 Å². The van der Waals surface area contributed by atoms with Crippen molar-refractivity contribution in [2.75, 3.05) is 0 Å². The molecule has 0 amide bonds. The third-order valence-electron chi connectivity index (χ3n) is 0.331. The first-order chi connectivity index (χ1) is 2.81. The number of halogens is 1. The standard InChI is InChI=1S/CH5BINOP/c1-2-4(5)6-3/h5-6H,1H3. The molecule has 0 saturated carbocycles. The van der Waals surface area contributed by atoms with E-state index < -0.39 is 0 Å². The summed E-state index contributed by atoms with van der Waals surface area (Å²) < 4.78 is 1.14. The van der Waals surface area contributed by atoms with E-state index in [9.17, 15) is 0 Å². The molecule has 0 aromatic heterocycles. The Morgan fingerprint density at radius 1 is 2.00 bits per heavy atom. The summed E-state index contributed by atoms with van der Waals surface area (Å²) in [5, 5.41) is 8.45. The van der Waals surface area contributed by atoms with Crippen LogP contribution in [0.2, 0.25) is 6.82 Å². The fraction of sp³-hybridized carbons (Fsp3) is 1.00. The van der Waals surface area contributed by atoms with E-state index in [1.165, 1.54) is 0 Å². The molecule has 0 rings (SSSR count). The van der Waals surface area contributed by atoms with E-state index in [-0.39, 0.29) is 0 Å². The van der Waals surface area contributed by atoms with Crippen LogP contribution in [-0.2, 0) is 0 Å². The highest BCUT2D eigenvalue weighted by atomic mass is 127. The summed E-state index contributed by atoms with van der Waals surface area (Å²) in [5.74, 6) is 0. The van der Waals surface area contributed by atoms with Gasteiger partial charge in [-0.2, -0.15) is 0 Å². The molecule has 1 N–H and O–H groups in total. The Hall–Kier alpha value is 1.14. The van der Waals surface area contributed by atoms with Gasteiger partial charge >= 0.3 is 0 Å². The second kappa shape index (κ2) is 4.31. The van der Waals surface area contributed by atoms with Crippen LogP contribution < -0.4 is 0 Å². The van der Waals surface area contributed by atoms with Crippen LogP contribution in [0.4, 0.5) is 0 Å². The first-order valence-corrected chi connectivity index (χ1v) is 5.51. The molecule has 0 fully saturated rings. The summed E-state index contributed by atoms with van der Waals surface area (Å²) in [6, 6.07) is 0. The van der Waals surface area contributed by atoms with E-state index in [4.69, 9.17) is 5.21 Å². The van der Waals surface area contributed by atoms with Gasteiger partial charge in [-0.3, -0.25) is 0 Å². The van der Waals surface area contributed by atoms with Crippen molar-refractivity contribution in [3.63, 3.8) is 0 Å². The minimum atomic E-state index is 0.435. The monoisotopic (exact) mass is 216 g/mol. The van der Waals surface area contributed by atoms with E-state index in [1.807, 2.05) is 0 Å². The van der Waals surface area contributed by atoms with Crippen LogP contribution >= 0.6 is 28.4 Å². The molecule has 0 aliphatic rings. The second-order valence-electron chi connectivity index (χ2n) is 0.687. The topological polar surface area (TPSA) is 23.5 Å². The van der Waals surface area contributed by atoms with Gasteiger partial charge in [-0.05, 0) is 22.0 Å². The average molecular weight is 216 g/mol. The lowest BCUT2D eigenvalue weighted by molar-refractivity contribution is 0.107. The van der Waals surface area contributed by atoms with E-state index in [1.54, 1.807) is 14.2 Å². The van der Waals surface area contributed by atoms with Crippen molar-refractivity contribution in [2.45, 2.75) is 6.82 Å². The van der Waals surface area contributed by atoms with Gasteiger partial charge in [-0.15, -0.1) is 0 Å². The lowest BCUT2D eigenvalue weighted by Gasteiger charge is -2.02. The maximum Gasteiger partial charge on any atom is 0.249 e. The van der Waals surface area contributed by atoms with Crippen LogP contribution in [0.25, 0.3) is 0 Å². The first kappa shape index (κ1) is 7.14. The molecule has 1 radical (unpaired) electrons. The van der Waals surface area contributed by atoms with E-state index in [0.29, 0.717) is 6.37 Å². The van der Waals surface area contributed by atoms with Crippen molar-refractivity contribution >= 4 is 35.8 Å². The zero-order chi connectivity index (χ0) is 4.99. The van der Waals surface area contributed by atoms with Crippen LogP contribution in [-0.4, -0.2) is 17.4 Å². The second-order valence-corrected chi connectivity index (χ2v) is 2.76. The number of rotatable bonds is 2. The minimum absolute atomic E-state index is 0.435. The van der Waals surface area contributed by atoms with Gasteiger partial charge in [0.25, 0.3) is 0 Å². The quantitative estimate of drug-likeness (QED) is 0.325. The van der Waals surface area contributed by atoms with Gasteiger partial charge in [0, 0.05) is 6.37 Å². The highest BCUT2D eigenvalue weighted by Gasteiger charge is 1.88. The predicted molar refractivity (Wildman–Crippen MR) is 37.6 cm³/mol. The first-order valence-electron chi connectivity index (χ1n) is 1.45. The number of nitrogens with zero attached hydrogens (tertiary/aromatic N) is 1. The predicted octanol–water partition coefficient (Wildman–Crippen LogP) is 1.29. The highest BCUT2D eigenvalue weighted by Crippen LogP contribution is 2.22. The van der Waals surface area contributed by atoms with Crippen molar-refractivity contribution in [3.05, 3.63) is 0 Å². The molecule has 2 nitrogen and oxygen atoms in total. The Balaban J connectivity index is 2.75. The molecule has 0 saturated heterocycles. The van der Waals surface area contributed by atoms with Crippen LogP contribution in [0.15, 0.2) is 0 Å². The highest BCUT2D eigenvalue weighted by molar-refractivity contribution is 14.2. The summed E-state index contributed by atoms with van der Waals surface area (Å²) in [5.41, 5.74) is 0. The molecule has 0 bridgehead atoms. The van der Waals surface area contributed by atoms with Crippen molar-refractivity contribution in [1.82, 2.24) is 4.74 Å². The van der Waals surface area contributed by atoms with E-state index >= 15 is 0 Å². The summed E-state index contributed by atoms with van der Waals surface area (Å²) in [7, 11) is 1.62. The smallest absolute Gasteiger partial charge is 0.249 e. The molecule has 0 aromatic rings. The molecule has 0 heterocycles. The van der Waals surface area contributed by atoms with Crippen molar-refractivity contribution < 1.29 is 5.21 Å². The minimum Gasteiger partial charge on any atom is -0.322 e. The maximum absolute atomic E-state index is 8.45. The van der Waals surface area contributed by atoms with Gasteiger partial charge in [0.2, 0.25) is 7.41 Å². The Labute approximate surface area is 52.8 Å². The zero-order valence-corrected chi connectivity index (χ0v) is 6.51.